The third-order valence-corrected chi connectivity index (χ3v) is 5.48. The monoisotopic (exact) mass is 367 g/mol. The number of nitrogens with zero attached hydrogens (tertiary/aromatic N) is 5. The number of carbonyl (C=O) groups excluding carboxylic acids is 1. The van der Waals surface area contributed by atoms with Crippen LogP contribution >= 0.6 is 0 Å². The Morgan fingerprint density at radius 1 is 1.11 bits per heavy atom. The van der Waals surface area contributed by atoms with Gasteiger partial charge < -0.3 is 4.90 Å². The van der Waals surface area contributed by atoms with E-state index < -0.39 is 0 Å². The van der Waals surface area contributed by atoms with Crippen molar-refractivity contribution in [3.63, 3.8) is 0 Å². The second kappa shape index (κ2) is 7.41. The highest BCUT2D eigenvalue weighted by Crippen LogP contribution is 2.39. The highest BCUT2D eigenvalue weighted by molar-refractivity contribution is 5.76. The maximum absolute atomic E-state index is 12.4. The summed E-state index contributed by atoms with van der Waals surface area (Å²) in [4.78, 5) is 24.0. The number of piperidine rings is 1. The van der Waals surface area contributed by atoms with Gasteiger partial charge in [0.05, 0.1) is 0 Å². The molecule has 0 atom stereocenters. The van der Waals surface area contributed by atoms with Crippen LogP contribution in [0.15, 0.2) is 18.2 Å². The van der Waals surface area contributed by atoms with Crippen LogP contribution < -0.4 is 0 Å². The fraction of sp³-hybridized carbons (Fsp3) is 0.619. The van der Waals surface area contributed by atoms with Gasteiger partial charge in [-0.2, -0.15) is 4.68 Å². The number of amides is 1. The Kier molecular flexibility index (Phi) is 4.98. The van der Waals surface area contributed by atoms with Crippen molar-refractivity contribution in [1.29, 1.82) is 0 Å². The van der Waals surface area contributed by atoms with E-state index in [1.807, 2.05) is 34.7 Å². The maximum atomic E-state index is 12.4. The van der Waals surface area contributed by atoms with Gasteiger partial charge in [0.25, 0.3) is 0 Å². The van der Waals surface area contributed by atoms with Gasteiger partial charge in [-0.3, -0.25) is 4.79 Å². The van der Waals surface area contributed by atoms with Crippen LogP contribution in [0.3, 0.4) is 0 Å². The van der Waals surface area contributed by atoms with Gasteiger partial charge in [-0.1, -0.05) is 19.9 Å². The second-order valence-corrected chi connectivity index (χ2v) is 8.40. The molecule has 0 unspecified atom stereocenters. The van der Waals surface area contributed by atoms with E-state index in [1.165, 1.54) is 12.8 Å². The number of aryl methyl sites for hydroxylation is 1. The summed E-state index contributed by atoms with van der Waals surface area (Å²) in [7, 11) is 0. The molecule has 0 spiro atoms. The average molecular weight is 367 g/mol. The van der Waals surface area contributed by atoms with Crippen molar-refractivity contribution in [3.05, 3.63) is 35.5 Å². The summed E-state index contributed by atoms with van der Waals surface area (Å²) in [5, 5.41) is 4.81. The lowest BCUT2D eigenvalue weighted by Gasteiger charge is -2.32. The molecule has 2 aromatic rings. The summed E-state index contributed by atoms with van der Waals surface area (Å²) in [5.41, 5.74) is 0.982. The summed E-state index contributed by atoms with van der Waals surface area (Å²) in [6.07, 6.45) is 4.90. The predicted octanol–water partition coefficient (Wildman–Crippen LogP) is 3.60. The Morgan fingerprint density at radius 2 is 1.85 bits per heavy atom. The molecule has 1 aliphatic heterocycles. The zero-order valence-electron chi connectivity index (χ0n) is 16.6. The van der Waals surface area contributed by atoms with Crippen LogP contribution in [0.25, 0.3) is 5.82 Å². The Labute approximate surface area is 161 Å². The Bertz CT molecular complexity index is 816. The number of likely N-dealkylation sites (tertiary alicyclic amines) is 1. The highest BCUT2D eigenvalue weighted by atomic mass is 16.2. The first kappa shape index (κ1) is 18.1. The Hall–Kier alpha value is -2.24. The summed E-state index contributed by atoms with van der Waals surface area (Å²) < 4.78 is 1.96. The molecule has 1 saturated heterocycles. The van der Waals surface area contributed by atoms with E-state index in [4.69, 9.17) is 10.1 Å². The summed E-state index contributed by atoms with van der Waals surface area (Å²) >= 11 is 0. The highest BCUT2D eigenvalue weighted by Gasteiger charge is 2.33. The molecule has 1 amide bonds. The van der Waals surface area contributed by atoms with E-state index >= 15 is 0 Å². The van der Waals surface area contributed by atoms with Crippen molar-refractivity contribution in [2.75, 3.05) is 13.1 Å². The average Bonchev–Trinajstić information content (AvgIpc) is 3.40. The molecule has 0 radical (unpaired) electrons. The van der Waals surface area contributed by atoms with Gasteiger partial charge in [-0.05, 0) is 50.7 Å². The molecule has 2 fully saturated rings. The van der Waals surface area contributed by atoms with Crippen molar-refractivity contribution in [1.82, 2.24) is 24.6 Å². The van der Waals surface area contributed by atoms with Gasteiger partial charge in [0.1, 0.15) is 5.82 Å². The predicted molar refractivity (Wildman–Crippen MR) is 104 cm³/mol. The molecule has 144 valence electrons. The van der Waals surface area contributed by atoms with Gasteiger partial charge in [0.15, 0.2) is 11.6 Å². The molecule has 0 aromatic carbocycles. The smallest absolute Gasteiger partial charge is 0.222 e. The van der Waals surface area contributed by atoms with E-state index in [9.17, 15) is 4.79 Å². The van der Waals surface area contributed by atoms with Gasteiger partial charge in [0, 0.05) is 37.0 Å². The van der Waals surface area contributed by atoms with Crippen molar-refractivity contribution in [2.45, 2.75) is 64.7 Å². The fourth-order valence-corrected chi connectivity index (χ4v) is 3.80. The van der Waals surface area contributed by atoms with Crippen LogP contribution in [0.1, 0.15) is 75.1 Å². The molecule has 1 saturated carbocycles. The lowest BCUT2D eigenvalue weighted by Crippen LogP contribution is -2.38. The molecule has 6 nitrogen and oxygen atoms in total. The molecule has 27 heavy (non-hydrogen) atoms. The van der Waals surface area contributed by atoms with E-state index in [2.05, 4.69) is 18.8 Å². The van der Waals surface area contributed by atoms with E-state index in [0.29, 0.717) is 24.2 Å². The molecular weight excluding hydrogens is 338 g/mol. The molecule has 0 bridgehead atoms. The summed E-state index contributed by atoms with van der Waals surface area (Å²) in [5.74, 6) is 4.37. The van der Waals surface area contributed by atoms with Crippen LogP contribution in [0, 0.1) is 12.8 Å². The topological polar surface area (TPSA) is 63.9 Å². The molecule has 1 aliphatic carbocycles. The minimum Gasteiger partial charge on any atom is -0.343 e. The first-order chi connectivity index (χ1) is 13.0. The summed E-state index contributed by atoms with van der Waals surface area (Å²) in [6.45, 7) is 7.82. The molecule has 2 aliphatic rings. The maximum Gasteiger partial charge on any atom is 0.222 e. The largest absolute Gasteiger partial charge is 0.343 e. The Morgan fingerprint density at radius 3 is 2.48 bits per heavy atom. The van der Waals surface area contributed by atoms with E-state index in [0.717, 1.165) is 49.1 Å². The molecule has 2 aromatic heterocycles. The minimum atomic E-state index is 0.281. The lowest BCUT2D eigenvalue weighted by atomic mass is 9.95. The van der Waals surface area contributed by atoms with Crippen molar-refractivity contribution in [3.8, 4) is 5.82 Å². The minimum absolute atomic E-state index is 0.281. The van der Waals surface area contributed by atoms with Gasteiger partial charge in [0.2, 0.25) is 5.91 Å². The molecule has 3 heterocycles. The standard InChI is InChI=1S/C21H29N5O/c1-14(2)13-19(27)25-11-9-17(10-12-25)21-23-20(16-7-8-16)24-26(21)18-6-4-5-15(3)22-18/h4-6,14,16-17H,7-13H2,1-3H3. The first-order valence-corrected chi connectivity index (χ1v) is 10.2. The molecule has 0 N–H and O–H groups in total. The third kappa shape index (κ3) is 4.04. The van der Waals surface area contributed by atoms with E-state index in [-0.39, 0.29) is 5.91 Å². The molecule has 4 rings (SSSR count). The number of hydrogen-bond donors (Lipinski definition) is 0. The number of rotatable bonds is 5. The number of hydrogen-bond acceptors (Lipinski definition) is 4. The van der Waals surface area contributed by atoms with Gasteiger partial charge in [-0.15, -0.1) is 5.10 Å². The van der Waals surface area contributed by atoms with Crippen LogP contribution in [-0.4, -0.2) is 43.6 Å². The quantitative estimate of drug-likeness (QED) is 0.810. The first-order valence-electron chi connectivity index (χ1n) is 10.2. The lowest BCUT2D eigenvalue weighted by molar-refractivity contribution is -0.133. The zero-order chi connectivity index (χ0) is 19.0. The van der Waals surface area contributed by atoms with E-state index in [1.54, 1.807) is 0 Å². The van der Waals surface area contributed by atoms with Gasteiger partial charge in [-0.25, -0.2) is 9.97 Å². The van der Waals surface area contributed by atoms with Crippen LogP contribution in [0.4, 0.5) is 0 Å². The third-order valence-electron chi connectivity index (χ3n) is 5.48. The zero-order valence-corrected chi connectivity index (χ0v) is 16.6. The number of aromatic nitrogens is 4. The Balaban J connectivity index is 1.54. The summed E-state index contributed by atoms with van der Waals surface area (Å²) in [6, 6.07) is 6.02. The van der Waals surface area contributed by atoms with Gasteiger partial charge >= 0.3 is 0 Å². The molecule has 6 heteroatoms. The second-order valence-electron chi connectivity index (χ2n) is 8.40. The van der Waals surface area contributed by atoms with Crippen LogP contribution in [0.2, 0.25) is 0 Å². The van der Waals surface area contributed by atoms with Crippen molar-refractivity contribution in [2.24, 2.45) is 5.92 Å². The van der Waals surface area contributed by atoms with Crippen LogP contribution in [0.5, 0.6) is 0 Å². The number of carbonyl (C=O) groups is 1. The number of pyridine rings is 1. The fourth-order valence-electron chi connectivity index (χ4n) is 3.80. The van der Waals surface area contributed by atoms with Crippen LogP contribution in [-0.2, 0) is 4.79 Å². The van der Waals surface area contributed by atoms with Crippen molar-refractivity contribution >= 4 is 5.91 Å². The normalized spacial score (nSPS) is 18.3. The SMILES string of the molecule is Cc1cccc(-n2nc(C3CC3)nc2C2CCN(C(=O)CC(C)C)CC2)n1. The van der Waals surface area contributed by atoms with Crippen molar-refractivity contribution < 1.29 is 4.79 Å². The molecular formula is C21H29N5O.